The molecule has 0 fully saturated rings. The van der Waals surface area contributed by atoms with Gasteiger partial charge in [-0.25, -0.2) is 0 Å². The summed E-state index contributed by atoms with van der Waals surface area (Å²) < 4.78 is 10.9. The highest BCUT2D eigenvalue weighted by molar-refractivity contribution is 5.37. The van der Waals surface area contributed by atoms with Gasteiger partial charge in [-0.1, -0.05) is 23.4 Å². The average Bonchev–Trinajstić information content (AvgIpc) is 2.94. The minimum Gasteiger partial charge on any atom is -0.482 e. The Hall–Kier alpha value is -1.88. The van der Waals surface area contributed by atoms with Crippen LogP contribution < -0.4 is 10.1 Å². The third kappa shape index (κ3) is 1.89. The largest absolute Gasteiger partial charge is 0.482 e. The predicted molar refractivity (Wildman–Crippen MR) is 60.6 cm³/mol. The van der Waals surface area contributed by atoms with Crippen molar-refractivity contribution in [1.29, 1.82) is 0 Å². The van der Waals surface area contributed by atoms with E-state index in [0.29, 0.717) is 18.3 Å². The molecule has 0 saturated heterocycles. The molecule has 3 rings (SSSR count). The van der Waals surface area contributed by atoms with Crippen LogP contribution in [0.25, 0.3) is 0 Å². The van der Waals surface area contributed by atoms with E-state index in [1.165, 1.54) is 5.56 Å². The van der Waals surface area contributed by atoms with Crippen LogP contribution in [0.15, 0.2) is 28.8 Å². The van der Waals surface area contributed by atoms with Crippen LogP contribution in [0.5, 0.6) is 5.75 Å². The zero-order valence-electron chi connectivity index (χ0n) is 9.51. The molecule has 5 nitrogen and oxygen atoms in total. The molecule has 0 spiro atoms. The van der Waals surface area contributed by atoms with Crippen LogP contribution in [0.3, 0.4) is 0 Å². The van der Waals surface area contributed by atoms with Crippen molar-refractivity contribution in [3.8, 4) is 5.75 Å². The maximum absolute atomic E-state index is 5.78. The first kappa shape index (κ1) is 10.3. The Labute approximate surface area is 98.8 Å². The van der Waals surface area contributed by atoms with Gasteiger partial charge in [0.2, 0.25) is 11.7 Å². The van der Waals surface area contributed by atoms with E-state index in [0.717, 1.165) is 12.2 Å². The maximum Gasteiger partial charge on any atom is 0.240 e. The van der Waals surface area contributed by atoms with Gasteiger partial charge in [-0.3, -0.25) is 0 Å². The Balaban J connectivity index is 1.79. The van der Waals surface area contributed by atoms with Crippen molar-refractivity contribution in [2.45, 2.75) is 19.1 Å². The summed E-state index contributed by atoms with van der Waals surface area (Å²) in [4.78, 5) is 4.30. The quantitative estimate of drug-likeness (QED) is 0.866. The van der Waals surface area contributed by atoms with Gasteiger partial charge in [-0.05, 0) is 18.7 Å². The molecule has 0 saturated carbocycles. The van der Waals surface area contributed by atoms with Crippen molar-refractivity contribution in [2.75, 3.05) is 7.05 Å². The second-order valence-electron chi connectivity index (χ2n) is 3.99. The number of benzene rings is 1. The van der Waals surface area contributed by atoms with Crippen LogP contribution in [0.2, 0.25) is 0 Å². The molecule has 17 heavy (non-hydrogen) atoms. The van der Waals surface area contributed by atoms with Crippen LogP contribution in [0.1, 0.15) is 23.4 Å². The normalized spacial score (nSPS) is 17.8. The van der Waals surface area contributed by atoms with Gasteiger partial charge in [0.15, 0.2) is 6.10 Å². The Morgan fingerprint density at radius 1 is 1.41 bits per heavy atom. The number of hydrogen-bond donors (Lipinski definition) is 1. The van der Waals surface area contributed by atoms with Crippen LogP contribution in [0.4, 0.5) is 0 Å². The second kappa shape index (κ2) is 4.18. The van der Waals surface area contributed by atoms with E-state index in [-0.39, 0.29) is 6.10 Å². The number of nitrogens with one attached hydrogen (secondary N) is 1. The fourth-order valence-corrected chi connectivity index (χ4v) is 1.95. The molecule has 1 unspecified atom stereocenters. The maximum atomic E-state index is 5.78. The van der Waals surface area contributed by atoms with Crippen molar-refractivity contribution < 1.29 is 9.26 Å². The van der Waals surface area contributed by atoms with Crippen molar-refractivity contribution in [3.05, 3.63) is 41.5 Å². The van der Waals surface area contributed by atoms with Gasteiger partial charge in [-0.15, -0.1) is 0 Å². The Kier molecular flexibility index (Phi) is 2.53. The molecular weight excluding hydrogens is 218 g/mol. The molecule has 1 aromatic carbocycles. The number of rotatable bonds is 3. The summed E-state index contributed by atoms with van der Waals surface area (Å²) in [6.45, 7) is 0.576. The monoisotopic (exact) mass is 231 g/mol. The molecule has 1 aromatic heterocycles. The second-order valence-corrected chi connectivity index (χ2v) is 3.99. The van der Waals surface area contributed by atoms with E-state index < -0.39 is 0 Å². The van der Waals surface area contributed by atoms with Crippen LogP contribution >= 0.6 is 0 Å². The first-order valence-electron chi connectivity index (χ1n) is 5.58. The summed E-state index contributed by atoms with van der Waals surface area (Å²) in [6, 6.07) is 7.99. The standard InChI is InChI=1S/C12H13N3O2/c1-13-7-11-14-12(15-17-11)10-6-8-4-2-3-5-9(8)16-10/h2-5,10,13H,6-7H2,1H3. The Morgan fingerprint density at radius 3 is 3.12 bits per heavy atom. The first-order chi connectivity index (χ1) is 8.36. The molecule has 1 atom stereocenters. The molecule has 0 radical (unpaired) electrons. The molecule has 0 bridgehead atoms. The van der Waals surface area contributed by atoms with Gasteiger partial charge in [0.05, 0.1) is 6.54 Å². The number of nitrogens with zero attached hydrogens (tertiary/aromatic N) is 2. The summed E-state index contributed by atoms with van der Waals surface area (Å²) in [6.07, 6.45) is 0.677. The van der Waals surface area contributed by atoms with E-state index in [9.17, 15) is 0 Å². The van der Waals surface area contributed by atoms with Gasteiger partial charge >= 0.3 is 0 Å². The number of para-hydroxylation sites is 1. The van der Waals surface area contributed by atoms with Crippen LogP contribution in [-0.4, -0.2) is 17.2 Å². The lowest BCUT2D eigenvalue weighted by Crippen LogP contribution is -2.07. The van der Waals surface area contributed by atoms with E-state index in [1.54, 1.807) is 0 Å². The molecular formula is C12H13N3O2. The highest BCUT2D eigenvalue weighted by Crippen LogP contribution is 2.34. The molecule has 1 aliphatic rings. The van der Waals surface area contributed by atoms with Gasteiger partial charge < -0.3 is 14.6 Å². The summed E-state index contributed by atoms with van der Waals surface area (Å²) in [7, 11) is 1.84. The van der Waals surface area contributed by atoms with E-state index >= 15 is 0 Å². The summed E-state index contributed by atoms with van der Waals surface area (Å²) in [5, 5.41) is 6.92. The van der Waals surface area contributed by atoms with Crippen molar-refractivity contribution >= 4 is 0 Å². The predicted octanol–water partition coefficient (Wildman–Crippen LogP) is 1.47. The highest BCUT2D eigenvalue weighted by atomic mass is 16.5. The van der Waals surface area contributed by atoms with E-state index in [2.05, 4.69) is 21.5 Å². The fourth-order valence-electron chi connectivity index (χ4n) is 1.95. The number of ether oxygens (including phenoxy) is 1. The van der Waals surface area contributed by atoms with Crippen LogP contribution in [-0.2, 0) is 13.0 Å². The molecule has 2 heterocycles. The van der Waals surface area contributed by atoms with Crippen LogP contribution in [0, 0.1) is 0 Å². The van der Waals surface area contributed by atoms with E-state index in [4.69, 9.17) is 9.26 Å². The van der Waals surface area contributed by atoms with Gasteiger partial charge in [0.1, 0.15) is 5.75 Å². The molecule has 2 aromatic rings. The topological polar surface area (TPSA) is 60.2 Å². The fraction of sp³-hybridized carbons (Fsp3) is 0.333. The van der Waals surface area contributed by atoms with Gasteiger partial charge in [0, 0.05) is 6.42 Å². The smallest absolute Gasteiger partial charge is 0.240 e. The number of hydrogen-bond acceptors (Lipinski definition) is 5. The Morgan fingerprint density at radius 2 is 2.29 bits per heavy atom. The molecule has 0 aliphatic carbocycles. The third-order valence-electron chi connectivity index (χ3n) is 2.75. The molecule has 88 valence electrons. The average molecular weight is 231 g/mol. The minimum atomic E-state index is -0.123. The van der Waals surface area contributed by atoms with Crippen molar-refractivity contribution in [2.24, 2.45) is 0 Å². The van der Waals surface area contributed by atoms with Gasteiger partial charge in [-0.2, -0.15) is 4.98 Å². The molecule has 1 aliphatic heterocycles. The minimum absolute atomic E-state index is 0.123. The zero-order valence-corrected chi connectivity index (χ0v) is 9.51. The van der Waals surface area contributed by atoms with Crippen molar-refractivity contribution in [1.82, 2.24) is 15.5 Å². The summed E-state index contributed by atoms with van der Waals surface area (Å²) >= 11 is 0. The SMILES string of the molecule is CNCc1nc(C2Cc3ccccc3O2)no1. The lowest BCUT2D eigenvalue weighted by Gasteiger charge is -2.04. The Bertz CT molecular complexity index is 499. The van der Waals surface area contributed by atoms with Gasteiger partial charge in [0.25, 0.3) is 0 Å². The van der Waals surface area contributed by atoms with Crippen molar-refractivity contribution in [3.63, 3.8) is 0 Å². The molecule has 0 amide bonds. The summed E-state index contributed by atoms with van der Waals surface area (Å²) in [5.41, 5.74) is 1.19. The number of fused-ring (bicyclic) bond motifs is 1. The number of aromatic nitrogens is 2. The zero-order chi connectivity index (χ0) is 11.7. The lowest BCUT2D eigenvalue weighted by molar-refractivity contribution is 0.221. The highest BCUT2D eigenvalue weighted by Gasteiger charge is 2.27. The molecule has 5 heteroatoms. The lowest BCUT2D eigenvalue weighted by atomic mass is 10.1. The third-order valence-corrected chi connectivity index (χ3v) is 2.75. The first-order valence-corrected chi connectivity index (χ1v) is 5.58. The molecule has 1 N–H and O–H groups in total. The van der Waals surface area contributed by atoms with E-state index in [1.807, 2.05) is 25.2 Å². The summed E-state index contributed by atoms with van der Waals surface area (Å²) in [5.74, 6) is 2.12.